The first-order chi connectivity index (χ1) is 29.2. The fourth-order valence-corrected chi connectivity index (χ4v) is 10.7. The van der Waals surface area contributed by atoms with Gasteiger partial charge in [0.25, 0.3) is 5.91 Å². The van der Waals surface area contributed by atoms with Crippen molar-refractivity contribution in [2.24, 2.45) is 17.3 Å². The lowest BCUT2D eigenvalue weighted by Crippen LogP contribution is -2.59. The monoisotopic (exact) mass is 855 g/mol. The number of nitrogens with one attached hydrogen (secondary N) is 3. The molecule has 4 amide bonds. The second kappa shape index (κ2) is 16.9. The average molecular weight is 856 g/mol. The summed E-state index contributed by atoms with van der Waals surface area (Å²) < 4.78 is 46.5. The number of cyclic esters (lactones) is 1. The number of aryl methyl sites for hydroxylation is 1. The van der Waals surface area contributed by atoms with Gasteiger partial charge in [-0.1, -0.05) is 69.5 Å². The van der Waals surface area contributed by atoms with Crippen LogP contribution in [-0.2, 0) is 35.6 Å². The van der Waals surface area contributed by atoms with E-state index in [1.807, 2.05) is 62.4 Å². The number of pyridine rings is 1. The number of aromatic nitrogens is 1. The van der Waals surface area contributed by atoms with E-state index in [0.29, 0.717) is 43.7 Å². The van der Waals surface area contributed by atoms with Crippen LogP contribution in [0.2, 0.25) is 0 Å². The van der Waals surface area contributed by atoms with Crippen molar-refractivity contribution >= 4 is 44.6 Å². The zero-order chi connectivity index (χ0) is 43.1. The highest BCUT2D eigenvalue weighted by atomic mass is 32.2. The molecule has 3 aromatic rings. The first-order valence-corrected chi connectivity index (χ1v) is 23.2. The summed E-state index contributed by atoms with van der Waals surface area (Å²) in [5.74, 6) is -1.59. The largest absolute Gasteiger partial charge is 0.496 e. The summed E-state index contributed by atoms with van der Waals surface area (Å²) in [5, 5.41) is 6.74. The van der Waals surface area contributed by atoms with E-state index in [9.17, 15) is 22.8 Å². The quantitative estimate of drug-likeness (QED) is 0.217. The SMILES string of the molecule is C=C[C@@H]1C[C@]1(NC(=O)[C@@H]1C[C@@H]2CN1C(=O)[C@H](C1CCCCC1)NC(=O)OCC(C)(C)CCCc1cc3c(nc(-c4ccccc4)cc3cc1OC)O2)C(=O)NS(=O)(=O)C1CC1. The number of methoxy groups -OCH3 is 1. The normalized spacial score (nSPS) is 27.2. The molecule has 14 nitrogen and oxygen atoms in total. The lowest BCUT2D eigenvalue weighted by atomic mass is 9.83. The number of rotatable bonds is 9. The summed E-state index contributed by atoms with van der Waals surface area (Å²) in [6, 6.07) is 13.6. The highest BCUT2D eigenvalue weighted by Gasteiger charge is 2.62. The maximum absolute atomic E-state index is 15.0. The van der Waals surface area contributed by atoms with Crippen LogP contribution in [0.5, 0.6) is 11.6 Å². The Balaban J connectivity index is 1.19. The minimum atomic E-state index is -3.92. The predicted octanol–water partition coefficient (Wildman–Crippen LogP) is 5.97. The molecule has 4 bridgehead atoms. The van der Waals surface area contributed by atoms with Crippen LogP contribution >= 0.6 is 0 Å². The van der Waals surface area contributed by atoms with E-state index in [1.54, 1.807) is 7.11 Å². The third kappa shape index (κ3) is 9.08. The van der Waals surface area contributed by atoms with Gasteiger partial charge in [0.15, 0.2) is 0 Å². The Morgan fingerprint density at radius 1 is 1.03 bits per heavy atom. The minimum absolute atomic E-state index is 0.0220. The second-order valence-electron chi connectivity index (χ2n) is 18.3. The van der Waals surface area contributed by atoms with Crippen LogP contribution in [0.1, 0.15) is 90.0 Å². The van der Waals surface area contributed by atoms with E-state index in [1.165, 1.54) is 11.0 Å². The number of ether oxygens (including phenoxy) is 3. The van der Waals surface area contributed by atoms with Crippen molar-refractivity contribution in [2.45, 2.75) is 120 Å². The highest BCUT2D eigenvalue weighted by Crippen LogP contribution is 2.46. The van der Waals surface area contributed by atoms with Crippen molar-refractivity contribution in [3.63, 3.8) is 0 Å². The molecule has 0 radical (unpaired) electrons. The molecule has 5 aliphatic rings. The molecule has 4 fully saturated rings. The van der Waals surface area contributed by atoms with Gasteiger partial charge in [0.1, 0.15) is 29.5 Å². The molecule has 0 spiro atoms. The average Bonchev–Trinajstić information content (AvgIpc) is 4.18. The highest BCUT2D eigenvalue weighted by molar-refractivity contribution is 7.91. The number of hydrogen-bond acceptors (Lipinski definition) is 10. The lowest BCUT2D eigenvalue weighted by Gasteiger charge is -2.35. The minimum Gasteiger partial charge on any atom is -0.496 e. The Kier molecular flexibility index (Phi) is 11.8. The van der Waals surface area contributed by atoms with Crippen LogP contribution in [0.15, 0.2) is 61.2 Å². The molecule has 1 aromatic heterocycles. The van der Waals surface area contributed by atoms with Gasteiger partial charge in [-0.2, -0.15) is 0 Å². The molecule has 3 saturated carbocycles. The van der Waals surface area contributed by atoms with E-state index in [2.05, 4.69) is 21.9 Å². The number of alkyl carbamates (subject to hydrolysis) is 1. The lowest BCUT2D eigenvalue weighted by molar-refractivity contribution is -0.142. The number of amides is 4. The van der Waals surface area contributed by atoms with Crippen LogP contribution in [-0.4, -0.2) is 91.4 Å². The number of fused-ring (bicyclic) bond motifs is 3. The van der Waals surface area contributed by atoms with Crippen molar-refractivity contribution in [2.75, 3.05) is 20.3 Å². The zero-order valence-corrected chi connectivity index (χ0v) is 36.1. The third-order valence-electron chi connectivity index (χ3n) is 13.2. The van der Waals surface area contributed by atoms with Crippen LogP contribution in [0, 0.1) is 17.3 Å². The van der Waals surface area contributed by atoms with Crippen LogP contribution in [0.3, 0.4) is 0 Å². The molecular weight excluding hydrogens is 799 g/mol. The molecule has 2 aromatic carbocycles. The molecule has 3 aliphatic carbocycles. The molecule has 326 valence electrons. The number of benzene rings is 2. The fraction of sp³-hybridized carbons (Fsp3) is 0.543. The Morgan fingerprint density at radius 2 is 1.79 bits per heavy atom. The van der Waals surface area contributed by atoms with Gasteiger partial charge in [-0.05, 0) is 91.8 Å². The van der Waals surface area contributed by atoms with Crippen LogP contribution in [0.4, 0.5) is 4.79 Å². The van der Waals surface area contributed by atoms with E-state index in [0.717, 1.165) is 59.8 Å². The van der Waals surface area contributed by atoms with Crippen molar-refractivity contribution in [3.8, 4) is 22.9 Å². The van der Waals surface area contributed by atoms with E-state index >= 15 is 4.79 Å². The van der Waals surface area contributed by atoms with Gasteiger partial charge in [0.05, 0.1) is 31.2 Å². The summed E-state index contributed by atoms with van der Waals surface area (Å²) >= 11 is 0. The molecule has 3 heterocycles. The van der Waals surface area contributed by atoms with Gasteiger partial charge >= 0.3 is 6.09 Å². The molecule has 15 heteroatoms. The van der Waals surface area contributed by atoms with Gasteiger partial charge in [-0.3, -0.25) is 19.1 Å². The Morgan fingerprint density at radius 3 is 2.48 bits per heavy atom. The topological polar surface area (TPSA) is 182 Å². The predicted molar refractivity (Wildman–Crippen MR) is 229 cm³/mol. The number of nitrogens with zero attached hydrogens (tertiary/aromatic N) is 2. The Bertz CT molecular complexity index is 2310. The summed E-state index contributed by atoms with van der Waals surface area (Å²) in [5.41, 5.74) is 0.552. The molecule has 5 atom stereocenters. The van der Waals surface area contributed by atoms with Crippen LogP contribution < -0.4 is 24.8 Å². The van der Waals surface area contributed by atoms with Crippen molar-refractivity contribution in [1.29, 1.82) is 0 Å². The summed E-state index contributed by atoms with van der Waals surface area (Å²) in [7, 11) is -2.27. The Labute approximate surface area is 357 Å². The van der Waals surface area contributed by atoms with E-state index in [-0.39, 0.29) is 37.3 Å². The first-order valence-electron chi connectivity index (χ1n) is 21.7. The van der Waals surface area contributed by atoms with Gasteiger partial charge in [-0.25, -0.2) is 18.2 Å². The van der Waals surface area contributed by atoms with Gasteiger partial charge < -0.3 is 29.7 Å². The van der Waals surface area contributed by atoms with E-state index in [4.69, 9.17) is 19.2 Å². The molecule has 61 heavy (non-hydrogen) atoms. The molecule has 2 aliphatic heterocycles. The third-order valence-corrected chi connectivity index (χ3v) is 15.0. The van der Waals surface area contributed by atoms with Crippen molar-refractivity contribution in [3.05, 3.63) is 66.7 Å². The molecule has 3 N–H and O–H groups in total. The first kappa shape index (κ1) is 42.5. The molecule has 8 rings (SSSR count). The molecule has 0 unspecified atom stereocenters. The maximum atomic E-state index is 15.0. The summed E-state index contributed by atoms with van der Waals surface area (Å²) in [4.78, 5) is 63.6. The number of hydrogen-bond donors (Lipinski definition) is 3. The smallest absolute Gasteiger partial charge is 0.407 e. The van der Waals surface area contributed by atoms with Gasteiger partial charge in [0, 0.05) is 23.3 Å². The van der Waals surface area contributed by atoms with Crippen molar-refractivity contribution < 1.29 is 41.8 Å². The zero-order valence-electron chi connectivity index (χ0n) is 35.2. The molecular formula is C46H57N5O9S. The van der Waals surface area contributed by atoms with Crippen molar-refractivity contribution in [1.82, 2.24) is 25.2 Å². The van der Waals surface area contributed by atoms with E-state index < -0.39 is 68.7 Å². The summed E-state index contributed by atoms with van der Waals surface area (Å²) in [6.07, 6.45) is 7.60. The molecule has 1 saturated heterocycles. The van der Waals surface area contributed by atoms with Gasteiger partial charge in [0.2, 0.25) is 27.7 Å². The summed E-state index contributed by atoms with van der Waals surface area (Å²) in [6.45, 7) is 8.02. The van der Waals surface area contributed by atoms with Crippen LogP contribution in [0.25, 0.3) is 22.0 Å². The fourth-order valence-electron chi connectivity index (χ4n) is 9.36. The Hall–Kier alpha value is -5.18. The second-order valence-corrected chi connectivity index (χ2v) is 20.3. The number of sulfonamides is 1. The maximum Gasteiger partial charge on any atom is 0.407 e. The van der Waals surface area contributed by atoms with Gasteiger partial charge in [-0.15, -0.1) is 6.58 Å². The number of carbonyl (C=O) groups excluding carboxylic acids is 4. The standard InChI is InChI=1S/C46H57N5O9S/c1-5-32-25-46(32,43(54)50-61(56,57)34-18-19-34)49-40(52)37-24-33-26-51(37)42(53)39(29-15-10-7-11-16-29)48-44(55)59-27-45(2,3)20-12-17-30-21-35-31(23-38(30)58-4)22-36(47-41(35)60-33)28-13-8-6-9-14-28/h5-6,8-9,13-14,21-23,29,32-34,37,39H,1,7,10-12,15-20,24-27H2,2-4H3,(H,48,55)(H,49,52)(H,50,54)/t32-,33-,37+,39+,46-/m1/s1. The number of carbonyl (C=O) groups is 4.